The van der Waals surface area contributed by atoms with Gasteiger partial charge in [0.2, 0.25) is 0 Å². The van der Waals surface area contributed by atoms with Crippen molar-refractivity contribution >= 4 is 6.09 Å². The Bertz CT molecular complexity index is 286. The van der Waals surface area contributed by atoms with Crippen molar-refractivity contribution in [3.05, 3.63) is 0 Å². The molecule has 0 aromatic rings. The van der Waals surface area contributed by atoms with Crippen LogP contribution in [0.25, 0.3) is 0 Å². The Morgan fingerprint density at radius 2 is 2.00 bits per heavy atom. The van der Waals surface area contributed by atoms with E-state index in [0.29, 0.717) is 13.1 Å². The van der Waals surface area contributed by atoms with Crippen LogP contribution in [0.2, 0.25) is 0 Å². The molecule has 5 heteroatoms. The molecule has 2 unspecified atom stereocenters. The molecule has 1 heterocycles. The zero-order chi connectivity index (χ0) is 13.9. The third kappa shape index (κ3) is 4.82. The molecule has 1 aliphatic heterocycles. The van der Waals surface area contributed by atoms with E-state index < -0.39 is 5.60 Å². The summed E-state index contributed by atoms with van der Waals surface area (Å²) in [5, 5.41) is 0. The van der Waals surface area contributed by atoms with Gasteiger partial charge in [-0.2, -0.15) is 0 Å². The van der Waals surface area contributed by atoms with E-state index in [2.05, 4.69) is 0 Å². The van der Waals surface area contributed by atoms with Gasteiger partial charge in [0.1, 0.15) is 5.60 Å². The van der Waals surface area contributed by atoms with E-state index in [1.54, 1.807) is 4.90 Å². The summed E-state index contributed by atoms with van der Waals surface area (Å²) in [5.41, 5.74) is 5.55. The summed E-state index contributed by atoms with van der Waals surface area (Å²) >= 11 is 0. The fraction of sp³-hybridized carbons (Fsp3) is 0.923. The van der Waals surface area contributed by atoms with E-state index in [4.69, 9.17) is 15.2 Å². The van der Waals surface area contributed by atoms with Gasteiger partial charge in [-0.15, -0.1) is 0 Å². The zero-order valence-corrected chi connectivity index (χ0v) is 12.1. The monoisotopic (exact) mass is 258 g/mol. The summed E-state index contributed by atoms with van der Waals surface area (Å²) < 4.78 is 11.1. The normalized spacial score (nSPS) is 25.4. The van der Waals surface area contributed by atoms with Crippen molar-refractivity contribution in [2.75, 3.05) is 13.1 Å². The van der Waals surface area contributed by atoms with Gasteiger partial charge >= 0.3 is 6.09 Å². The quantitative estimate of drug-likeness (QED) is 0.819. The van der Waals surface area contributed by atoms with Gasteiger partial charge in [-0.25, -0.2) is 4.79 Å². The van der Waals surface area contributed by atoms with Gasteiger partial charge in [0.05, 0.1) is 18.8 Å². The SMILES string of the molecule is CC(C)OC1CN(C(=O)OC(C)(C)C)CCC1N. The molecule has 0 spiro atoms. The first-order valence-electron chi connectivity index (χ1n) is 6.58. The van der Waals surface area contributed by atoms with Crippen molar-refractivity contribution in [1.29, 1.82) is 0 Å². The van der Waals surface area contributed by atoms with E-state index in [9.17, 15) is 4.79 Å². The molecular formula is C13H26N2O3. The molecule has 1 amide bonds. The van der Waals surface area contributed by atoms with Crippen molar-refractivity contribution in [2.24, 2.45) is 5.73 Å². The third-order valence-corrected chi connectivity index (χ3v) is 2.71. The summed E-state index contributed by atoms with van der Waals surface area (Å²) in [4.78, 5) is 13.6. The molecule has 18 heavy (non-hydrogen) atoms. The number of carbonyl (C=O) groups is 1. The first-order valence-corrected chi connectivity index (χ1v) is 6.58. The molecule has 0 saturated carbocycles. The smallest absolute Gasteiger partial charge is 0.410 e. The third-order valence-electron chi connectivity index (χ3n) is 2.71. The van der Waals surface area contributed by atoms with Crippen molar-refractivity contribution < 1.29 is 14.3 Å². The lowest BCUT2D eigenvalue weighted by Crippen LogP contribution is -2.54. The second-order valence-corrected chi connectivity index (χ2v) is 6.10. The van der Waals surface area contributed by atoms with Crippen LogP contribution in [-0.2, 0) is 9.47 Å². The van der Waals surface area contributed by atoms with E-state index in [1.807, 2.05) is 34.6 Å². The Balaban J connectivity index is 2.56. The first-order chi connectivity index (χ1) is 8.19. The number of piperidine rings is 1. The molecule has 0 aromatic heterocycles. The Morgan fingerprint density at radius 1 is 1.39 bits per heavy atom. The van der Waals surface area contributed by atoms with Gasteiger partial charge in [-0.1, -0.05) is 0 Å². The standard InChI is InChI=1S/C13H26N2O3/c1-9(2)17-11-8-15(7-6-10(11)14)12(16)18-13(3,4)5/h9-11H,6-8,14H2,1-5H3. The van der Waals surface area contributed by atoms with Crippen LogP contribution < -0.4 is 5.73 Å². The molecule has 0 aliphatic carbocycles. The van der Waals surface area contributed by atoms with Crippen LogP contribution in [0.15, 0.2) is 0 Å². The summed E-state index contributed by atoms with van der Waals surface area (Å²) in [6, 6.07) is -0.00825. The fourth-order valence-electron chi connectivity index (χ4n) is 1.92. The fourth-order valence-corrected chi connectivity index (χ4v) is 1.92. The molecule has 1 fully saturated rings. The maximum atomic E-state index is 12.0. The van der Waals surface area contributed by atoms with Crippen molar-refractivity contribution in [3.8, 4) is 0 Å². The molecule has 0 radical (unpaired) electrons. The molecule has 2 N–H and O–H groups in total. The molecule has 0 bridgehead atoms. The summed E-state index contributed by atoms with van der Waals surface area (Å²) in [5.74, 6) is 0. The van der Waals surface area contributed by atoms with Gasteiger partial charge in [0.15, 0.2) is 0 Å². The van der Waals surface area contributed by atoms with Crippen LogP contribution >= 0.6 is 0 Å². The molecule has 0 aromatic carbocycles. The number of carbonyl (C=O) groups excluding carboxylic acids is 1. The number of hydrogen-bond acceptors (Lipinski definition) is 4. The van der Waals surface area contributed by atoms with Gasteiger partial charge in [-0.05, 0) is 41.0 Å². The van der Waals surface area contributed by atoms with Crippen LogP contribution in [0.4, 0.5) is 4.79 Å². The van der Waals surface area contributed by atoms with Crippen molar-refractivity contribution in [2.45, 2.75) is 64.9 Å². The molecule has 2 atom stereocenters. The van der Waals surface area contributed by atoms with E-state index in [0.717, 1.165) is 6.42 Å². The summed E-state index contributed by atoms with van der Waals surface area (Å²) in [6.45, 7) is 10.7. The van der Waals surface area contributed by atoms with Crippen molar-refractivity contribution in [1.82, 2.24) is 4.90 Å². The predicted molar refractivity (Wildman–Crippen MR) is 70.4 cm³/mol. The van der Waals surface area contributed by atoms with Gasteiger partial charge in [0.25, 0.3) is 0 Å². The summed E-state index contributed by atoms with van der Waals surface area (Å²) in [7, 11) is 0. The highest BCUT2D eigenvalue weighted by molar-refractivity contribution is 5.68. The number of likely N-dealkylation sites (tertiary alicyclic amines) is 1. The second-order valence-electron chi connectivity index (χ2n) is 6.10. The Hall–Kier alpha value is -0.810. The number of rotatable bonds is 2. The highest BCUT2D eigenvalue weighted by Gasteiger charge is 2.32. The molecule has 5 nitrogen and oxygen atoms in total. The van der Waals surface area contributed by atoms with Crippen LogP contribution in [0.1, 0.15) is 41.0 Å². The Morgan fingerprint density at radius 3 is 2.50 bits per heavy atom. The second kappa shape index (κ2) is 5.89. The maximum absolute atomic E-state index is 12.0. The Labute approximate surface area is 110 Å². The molecule has 1 rings (SSSR count). The number of nitrogens with two attached hydrogens (primary N) is 1. The molecule has 106 valence electrons. The highest BCUT2D eigenvalue weighted by Crippen LogP contribution is 2.17. The minimum absolute atomic E-state index is 0.00825. The van der Waals surface area contributed by atoms with Gasteiger partial charge in [-0.3, -0.25) is 0 Å². The topological polar surface area (TPSA) is 64.8 Å². The summed E-state index contributed by atoms with van der Waals surface area (Å²) in [6.07, 6.45) is 0.467. The lowest BCUT2D eigenvalue weighted by molar-refractivity contribution is -0.0503. The average molecular weight is 258 g/mol. The lowest BCUT2D eigenvalue weighted by Gasteiger charge is -2.38. The maximum Gasteiger partial charge on any atom is 0.410 e. The first kappa shape index (κ1) is 15.2. The van der Waals surface area contributed by atoms with E-state index in [-0.39, 0.29) is 24.3 Å². The van der Waals surface area contributed by atoms with Gasteiger partial charge < -0.3 is 20.1 Å². The van der Waals surface area contributed by atoms with Crippen LogP contribution in [0.3, 0.4) is 0 Å². The van der Waals surface area contributed by atoms with Gasteiger partial charge in [0, 0.05) is 12.6 Å². The van der Waals surface area contributed by atoms with E-state index in [1.165, 1.54) is 0 Å². The minimum atomic E-state index is -0.467. The predicted octanol–water partition coefficient (Wildman–Crippen LogP) is 1.75. The highest BCUT2D eigenvalue weighted by atomic mass is 16.6. The Kier molecular flexibility index (Phi) is 4.99. The average Bonchev–Trinajstić information content (AvgIpc) is 2.17. The lowest BCUT2D eigenvalue weighted by atomic mass is 10.0. The van der Waals surface area contributed by atoms with Crippen molar-refractivity contribution in [3.63, 3.8) is 0 Å². The number of nitrogens with zero attached hydrogens (tertiary/aromatic N) is 1. The molecular weight excluding hydrogens is 232 g/mol. The van der Waals surface area contributed by atoms with Crippen LogP contribution in [0.5, 0.6) is 0 Å². The largest absolute Gasteiger partial charge is 0.444 e. The number of amides is 1. The van der Waals surface area contributed by atoms with Crippen LogP contribution in [0, 0.1) is 0 Å². The number of hydrogen-bond donors (Lipinski definition) is 1. The zero-order valence-electron chi connectivity index (χ0n) is 12.1. The minimum Gasteiger partial charge on any atom is -0.444 e. The van der Waals surface area contributed by atoms with Crippen LogP contribution in [-0.4, -0.2) is 47.9 Å². The molecule has 1 aliphatic rings. The van der Waals surface area contributed by atoms with E-state index >= 15 is 0 Å². The number of ether oxygens (including phenoxy) is 2. The molecule has 1 saturated heterocycles.